The molecule has 12 heavy (non-hydrogen) atoms. The van der Waals surface area contributed by atoms with Crippen LogP contribution in [0.25, 0.3) is 0 Å². The monoisotopic (exact) mass is 165 g/mol. The molecule has 0 aromatic heterocycles. The van der Waals surface area contributed by atoms with Crippen LogP contribution in [-0.2, 0) is 0 Å². The van der Waals surface area contributed by atoms with Crippen LogP contribution in [0, 0.1) is 5.92 Å². The highest BCUT2D eigenvalue weighted by molar-refractivity contribution is 5.86. The van der Waals surface area contributed by atoms with E-state index < -0.39 is 0 Å². The maximum atomic E-state index is 4.37. The lowest BCUT2D eigenvalue weighted by Crippen LogP contribution is -2.01. The Morgan fingerprint density at radius 1 is 1.25 bits per heavy atom. The molecule has 0 fully saturated rings. The van der Waals surface area contributed by atoms with Crippen molar-refractivity contribution in [2.24, 2.45) is 10.9 Å². The molecular formula is C11H19N. The molecule has 0 spiro atoms. The molecule has 1 aliphatic heterocycles. The van der Waals surface area contributed by atoms with Crippen molar-refractivity contribution in [2.45, 2.75) is 34.6 Å². The topological polar surface area (TPSA) is 12.4 Å². The molecule has 0 aliphatic carbocycles. The van der Waals surface area contributed by atoms with E-state index in [9.17, 15) is 0 Å². The number of aliphatic imine (C=N–C) groups is 1. The van der Waals surface area contributed by atoms with Gasteiger partial charge < -0.3 is 0 Å². The van der Waals surface area contributed by atoms with E-state index in [4.69, 9.17) is 0 Å². The van der Waals surface area contributed by atoms with Crippen LogP contribution in [0.5, 0.6) is 0 Å². The Bertz CT molecular complexity index is 209. The van der Waals surface area contributed by atoms with E-state index in [1.165, 1.54) is 5.71 Å². The van der Waals surface area contributed by atoms with Crippen LogP contribution in [0.2, 0.25) is 0 Å². The van der Waals surface area contributed by atoms with Gasteiger partial charge in [0.25, 0.3) is 0 Å². The van der Waals surface area contributed by atoms with Crippen molar-refractivity contribution in [3.63, 3.8) is 0 Å². The molecule has 1 atom stereocenters. The van der Waals surface area contributed by atoms with Gasteiger partial charge in [0, 0.05) is 17.3 Å². The van der Waals surface area contributed by atoms with Gasteiger partial charge in [0.05, 0.1) is 0 Å². The number of allylic oxidation sites excluding steroid dienone is 4. The standard InChI is InChI=1S/C9H13N.C2H6/c1-7-5-4-6-8(2)10-9(7)3;1-2/h4-7H,1-3H3;1-2H3. The maximum absolute atomic E-state index is 4.37. The van der Waals surface area contributed by atoms with Crippen LogP contribution >= 0.6 is 0 Å². The quantitative estimate of drug-likeness (QED) is 0.520. The van der Waals surface area contributed by atoms with Gasteiger partial charge in [-0.25, -0.2) is 0 Å². The summed E-state index contributed by atoms with van der Waals surface area (Å²) >= 11 is 0. The molecule has 0 bridgehead atoms. The molecule has 1 heterocycles. The van der Waals surface area contributed by atoms with Gasteiger partial charge in [-0.15, -0.1) is 0 Å². The number of hydrogen-bond donors (Lipinski definition) is 0. The first-order valence-corrected chi connectivity index (χ1v) is 4.60. The molecule has 0 N–H and O–H groups in total. The van der Waals surface area contributed by atoms with Crippen LogP contribution in [0.4, 0.5) is 0 Å². The van der Waals surface area contributed by atoms with Gasteiger partial charge >= 0.3 is 0 Å². The minimum atomic E-state index is 0.494. The average molecular weight is 165 g/mol. The van der Waals surface area contributed by atoms with Gasteiger partial charge in [0.15, 0.2) is 0 Å². The van der Waals surface area contributed by atoms with E-state index >= 15 is 0 Å². The fourth-order valence-corrected chi connectivity index (χ4v) is 0.918. The van der Waals surface area contributed by atoms with Crippen molar-refractivity contribution in [3.05, 3.63) is 23.9 Å². The number of hydrogen-bond acceptors (Lipinski definition) is 1. The van der Waals surface area contributed by atoms with E-state index in [0.29, 0.717) is 5.92 Å². The minimum Gasteiger partial charge on any atom is -0.262 e. The van der Waals surface area contributed by atoms with E-state index in [1.54, 1.807) is 0 Å². The summed E-state index contributed by atoms with van der Waals surface area (Å²) in [5.74, 6) is 0.494. The lowest BCUT2D eigenvalue weighted by atomic mass is 10.1. The van der Waals surface area contributed by atoms with E-state index in [1.807, 2.05) is 26.8 Å². The van der Waals surface area contributed by atoms with Crippen molar-refractivity contribution in [1.29, 1.82) is 0 Å². The minimum absolute atomic E-state index is 0.494. The molecule has 1 rings (SSSR count). The van der Waals surface area contributed by atoms with Gasteiger partial charge in [-0.05, 0) is 19.9 Å². The predicted molar refractivity (Wildman–Crippen MR) is 56.5 cm³/mol. The Morgan fingerprint density at radius 2 is 1.83 bits per heavy atom. The van der Waals surface area contributed by atoms with E-state index in [2.05, 4.69) is 31.0 Å². The van der Waals surface area contributed by atoms with Crippen LogP contribution in [0.15, 0.2) is 28.9 Å². The summed E-state index contributed by atoms with van der Waals surface area (Å²) < 4.78 is 0. The third kappa shape index (κ3) is 3.51. The van der Waals surface area contributed by atoms with Crippen LogP contribution in [0.1, 0.15) is 34.6 Å². The first-order valence-electron chi connectivity index (χ1n) is 4.60. The third-order valence-electron chi connectivity index (χ3n) is 1.75. The molecular weight excluding hydrogens is 146 g/mol. The van der Waals surface area contributed by atoms with Gasteiger partial charge in [-0.2, -0.15) is 0 Å². The summed E-state index contributed by atoms with van der Waals surface area (Å²) in [7, 11) is 0. The molecule has 0 amide bonds. The van der Waals surface area contributed by atoms with E-state index in [-0.39, 0.29) is 0 Å². The van der Waals surface area contributed by atoms with Crippen LogP contribution < -0.4 is 0 Å². The highest BCUT2D eigenvalue weighted by Crippen LogP contribution is 2.09. The Morgan fingerprint density at radius 3 is 2.42 bits per heavy atom. The largest absolute Gasteiger partial charge is 0.262 e. The number of rotatable bonds is 0. The van der Waals surface area contributed by atoms with Gasteiger partial charge in [-0.3, -0.25) is 4.99 Å². The van der Waals surface area contributed by atoms with Gasteiger partial charge in [0.1, 0.15) is 0 Å². The first-order chi connectivity index (χ1) is 5.70. The van der Waals surface area contributed by atoms with Gasteiger partial charge in [0.2, 0.25) is 0 Å². The van der Waals surface area contributed by atoms with Crippen LogP contribution in [-0.4, -0.2) is 5.71 Å². The van der Waals surface area contributed by atoms with Crippen molar-refractivity contribution in [2.75, 3.05) is 0 Å². The highest BCUT2D eigenvalue weighted by Gasteiger charge is 2.02. The Hall–Kier alpha value is -0.850. The lowest BCUT2D eigenvalue weighted by molar-refractivity contribution is 0.988. The molecule has 1 unspecified atom stereocenters. The Labute approximate surface area is 75.9 Å². The zero-order valence-corrected chi connectivity index (χ0v) is 8.76. The molecule has 0 radical (unpaired) electrons. The van der Waals surface area contributed by atoms with Crippen molar-refractivity contribution < 1.29 is 0 Å². The highest BCUT2D eigenvalue weighted by atomic mass is 14.7. The maximum Gasteiger partial charge on any atom is 0.0372 e. The second-order valence-corrected chi connectivity index (χ2v) is 2.73. The zero-order chi connectivity index (χ0) is 9.56. The molecule has 1 aliphatic rings. The van der Waals surface area contributed by atoms with Crippen molar-refractivity contribution >= 4 is 5.71 Å². The summed E-state index contributed by atoms with van der Waals surface area (Å²) in [6.45, 7) is 10.2. The van der Waals surface area contributed by atoms with Crippen LogP contribution in [0.3, 0.4) is 0 Å². The van der Waals surface area contributed by atoms with E-state index in [0.717, 1.165) is 5.70 Å². The lowest BCUT2D eigenvalue weighted by Gasteiger charge is -2.02. The zero-order valence-electron chi connectivity index (χ0n) is 8.76. The second-order valence-electron chi connectivity index (χ2n) is 2.73. The smallest absolute Gasteiger partial charge is 0.0372 e. The van der Waals surface area contributed by atoms with Gasteiger partial charge in [-0.1, -0.05) is 32.9 Å². The summed E-state index contributed by atoms with van der Waals surface area (Å²) in [6.07, 6.45) is 6.27. The third-order valence-corrected chi connectivity index (χ3v) is 1.75. The molecule has 0 saturated heterocycles. The SMILES string of the molecule is CC.CC1=CC=CC(C)C(C)=N1. The summed E-state index contributed by atoms with van der Waals surface area (Å²) in [4.78, 5) is 4.37. The molecule has 1 nitrogen and oxygen atoms in total. The fraction of sp³-hybridized carbons (Fsp3) is 0.545. The Kier molecular flexibility index (Phi) is 5.35. The Balaban J connectivity index is 0.000000561. The second kappa shape index (κ2) is 5.76. The summed E-state index contributed by atoms with van der Waals surface area (Å²) in [6, 6.07) is 0. The summed E-state index contributed by atoms with van der Waals surface area (Å²) in [5, 5.41) is 0. The summed E-state index contributed by atoms with van der Waals surface area (Å²) in [5.41, 5.74) is 2.29. The van der Waals surface area contributed by atoms with Crippen molar-refractivity contribution in [1.82, 2.24) is 0 Å². The molecule has 0 saturated carbocycles. The van der Waals surface area contributed by atoms with Crippen molar-refractivity contribution in [3.8, 4) is 0 Å². The normalized spacial score (nSPS) is 21.6. The molecule has 0 aromatic carbocycles. The molecule has 68 valence electrons. The fourth-order valence-electron chi connectivity index (χ4n) is 0.918. The molecule has 1 heteroatoms. The number of nitrogens with zero attached hydrogens (tertiary/aromatic N) is 1. The molecule has 0 aromatic rings. The average Bonchev–Trinajstić information content (AvgIpc) is 2.19. The predicted octanol–water partition coefficient (Wildman–Crippen LogP) is 3.58. The first kappa shape index (κ1) is 11.2.